The van der Waals surface area contributed by atoms with E-state index in [9.17, 15) is 9.59 Å². The number of fused-ring (bicyclic) bond motifs is 1. The van der Waals surface area contributed by atoms with Crippen LogP contribution < -0.4 is 15.6 Å². The summed E-state index contributed by atoms with van der Waals surface area (Å²) in [6.07, 6.45) is 1.91. The molecule has 0 saturated heterocycles. The van der Waals surface area contributed by atoms with E-state index in [0.717, 1.165) is 18.4 Å². The van der Waals surface area contributed by atoms with Gasteiger partial charge in [-0.3, -0.25) is 19.4 Å². The van der Waals surface area contributed by atoms with Gasteiger partial charge in [0.25, 0.3) is 5.56 Å². The van der Waals surface area contributed by atoms with Crippen molar-refractivity contribution in [2.45, 2.75) is 38.0 Å². The SMILES string of the molecule is CCC[C@H](C)n1[nH]c(=O)c2c1NC(=O)CS[C@H]2c1ccccc1OC. The van der Waals surface area contributed by atoms with E-state index >= 15 is 0 Å². The van der Waals surface area contributed by atoms with Gasteiger partial charge in [-0.15, -0.1) is 11.8 Å². The molecule has 1 aromatic heterocycles. The lowest BCUT2D eigenvalue weighted by atomic mass is 10.0. The molecule has 0 saturated carbocycles. The second kappa shape index (κ2) is 7.39. The van der Waals surface area contributed by atoms with Crippen LogP contribution in [0.1, 0.15) is 49.1 Å². The molecule has 134 valence electrons. The lowest BCUT2D eigenvalue weighted by molar-refractivity contribution is -0.113. The summed E-state index contributed by atoms with van der Waals surface area (Å²) in [5, 5.41) is 5.58. The van der Waals surface area contributed by atoms with Gasteiger partial charge in [0, 0.05) is 11.6 Å². The van der Waals surface area contributed by atoms with Crippen LogP contribution in [0.3, 0.4) is 0 Å². The summed E-state index contributed by atoms with van der Waals surface area (Å²) >= 11 is 1.44. The number of methoxy groups -OCH3 is 1. The molecule has 1 aliphatic heterocycles. The van der Waals surface area contributed by atoms with Gasteiger partial charge in [0.2, 0.25) is 5.91 Å². The minimum absolute atomic E-state index is 0.0971. The Morgan fingerprint density at radius 1 is 1.36 bits per heavy atom. The molecule has 0 fully saturated rings. The predicted molar refractivity (Wildman–Crippen MR) is 101 cm³/mol. The van der Waals surface area contributed by atoms with Crippen LogP contribution in [0.2, 0.25) is 0 Å². The summed E-state index contributed by atoms with van der Waals surface area (Å²) in [5.41, 5.74) is 1.33. The van der Waals surface area contributed by atoms with E-state index in [-0.39, 0.29) is 22.8 Å². The van der Waals surface area contributed by atoms with E-state index in [0.29, 0.717) is 22.9 Å². The Morgan fingerprint density at radius 2 is 2.12 bits per heavy atom. The maximum Gasteiger partial charge on any atom is 0.270 e. The topological polar surface area (TPSA) is 76.1 Å². The predicted octanol–water partition coefficient (Wildman–Crippen LogP) is 3.32. The first-order chi connectivity index (χ1) is 12.1. The minimum Gasteiger partial charge on any atom is -0.496 e. The number of carbonyl (C=O) groups excluding carboxylic acids is 1. The molecular weight excluding hydrogens is 338 g/mol. The first-order valence-corrected chi connectivity index (χ1v) is 9.50. The van der Waals surface area contributed by atoms with Crippen molar-refractivity contribution < 1.29 is 9.53 Å². The van der Waals surface area contributed by atoms with Gasteiger partial charge in [-0.1, -0.05) is 31.5 Å². The number of amides is 1. The highest BCUT2D eigenvalue weighted by Gasteiger charge is 2.32. The van der Waals surface area contributed by atoms with Crippen LogP contribution in [0.4, 0.5) is 5.82 Å². The number of aromatic amines is 1. The molecule has 0 spiro atoms. The summed E-state index contributed by atoms with van der Waals surface area (Å²) in [5.74, 6) is 1.49. The molecule has 2 atom stereocenters. The third-order valence-electron chi connectivity index (χ3n) is 4.43. The third-order valence-corrected chi connectivity index (χ3v) is 5.68. The Hall–Kier alpha value is -2.15. The van der Waals surface area contributed by atoms with Gasteiger partial charge >= 0.3 is 0 Å². The number of aromatic nitrogens is 2. The smallest absolute Gasteiger partial charge is 0.270 e. The van der Waals surface area contributed by atoms with Gasteiger partial charge in [-0.2, -0.15) is 0 Å². The Morgan fingerprint density at radius 3 is 2.84 bits per heavy atom. The van der Waals surface area contributed by atoms with Crippen LogP contribution >= 0.6 is 11.8 Å². The van der Waals surface area contributed by atoms with Crippen molar-refractivity contribution >= 4 is 23.5 Å². The monoisotopic (exact) mass is 361 g/mol. The molecule has 0 aliphatic carbocycles. The molecule has 2 heterocycles. The van der Waals surface area contributed by atoms with Crippen molar-refractivity contribution in [2.75, 3.05) is 18.2 Å². The number of thioether (sulfide) groups is 1. The number of rotatable bonds is 5. The van der Waals surface area contributed by atoms with E-state index in [1.807, 2.05) is 31.2 Å². The molecule has 1 aliphatic rings. The highest BCUT2D eigenvalue weighted by molar-refractivity contribution is 8.00. The number of ether oxygens (including phenoxy) is 1. The van der Waals surface area contributed by atoms with Crippen molar-refractivity contribution in [1.82, 2.24) is 9.78 Å². The zero-order valence-corrected chi connectivity index (χ0v) is 15.5. The lowest BCUT2D eigenvalue weighted by Crippen LogP contribution is -2.18. The fourth-order valence-corrected chi connectivity index (χ4v) is 4.40. The van der Waals surface area contributed by atoms with E-state index in [4.69, 9.17) is 4.74 Å². The summed E-state index contributed by atoms with van der Waals surface area (Å²) in [4.78, 5) is 25.0. The quantitative estimate of drug-likeness (QED) is 0.856. The molecule has 0 bridgehead atoms. The maximum absolute atomic E-state index is 12.8. The molecule has 0 unspecified atom stereocenters. The average Bonchev–Trinajstić information content (AvgIpc) is 2.82. The Balaban J connectivity index is 2.16. The van der Waals surface area contributed by atoms with Crippen molar-refractivity contribution in [3.8, 4) is 5.75 Å². The van der Waals surface area contributed by atoms with Crippen molar-refractivity contribution in [2.24, 2.45) is 0 Å². The average molecular weight is 361 g/mol. The number of H-pyrrole nitrogens is 1. The van der Waals surface area contributed by atoms with Crippen LogP contribution in [0, 0.1) is 0 Å². The Kier molecular flexibility index (Phi) is 5.22. The summed E-state index contributed by atoms with van der Waals surface area (Å²) < 4.78 is 7.28. The molecule has 1 aromatic carbocycles. The van der Waals surface area contributed by atoms with Crippen LogP contribution in [0.25, 0.3) is 0 Å². The second-order valence-electron chi connectivity index (χ2n) is 6.19. The summed E-state index contributed by atoms with van der Waals surface area (Å²) in [6.45, 7) is 4.14. The van der Waals surface area contributed by atoms with E-state index in [1.165, 1.54) is 11.8 Å². The minimum atomic E-state index is -0.260. The van der Waals surface area contributed by atoms with Crippen LogP contribution in [-0.2, 0) is 4.79 Å². The van der Waals surface area contributed by atoms with Crippen molar-refractivity contribution in [3.63, 3.8) is 0 Å². The van der Waals surface area contributed by atoms with Gasteiger partial charge in [0.15, 0.2) is 0 Å². The van der Waals surface area contributed by atoms with Crippen molar-refractivity contribution in [3.05, 3.63) is 45.7 Å². The zero-order chi connectivity index (χ0) is 18.0. The fraction of sp³-hybridized carbons (Fsp3) is 0.444. The largest absolute Gasteiger partial charge is 0.496 e. The number of hydrogen-bond donors (Lipinski definition) is 2. The molecule has 2 N–H and O–H groups in total. The number of anilines is 1. The first kappa shape index (κ1) is 17.7. The molecule has 2 aromatic rings. The van der Waals surface area contributed by atoms with E-state index in [1.54, 1.807) is 11.8 Å². The second-order valence-corrected chi connectivity index (χ2v) is 7.29. The number of carbonyl (C=O) groups is 1. The molecule has 25 heavy (non-hydrogen) atoms. The summed E-state index contributed by atoms with van der Waals surface area (Å²) in [7, 11) is 1.61. The molecule has 0 radical (unpaired) electrons. The molecule has 3 rings (SSSR count). The Labute approximate surface area is 150 Å². The molecule has 6 nitrogen and oxygen atoms in total. The number of nitrogens with one attached hydrogen (secondary N) is 2. The van der Waals surface area contributed by atoms with Crippen LogP contribution in [0.5, 0.6) is 5.75 Å². The maximum atomic E-state index is 12.8. The van der Waals surface area contributed by atoms with Crippen molar-refractivity contribution in [1.29, 1.82) is 0 Å². The molecule has 1 amide bonds. The first-order valence-electron chi connectivity index (χ1n) is 8.45. The van der Waals surface area contributed by atoms with Gasteiger partial charge in [-0.25, -0.2) is 0 Å². The molecule has 7 heteroatoms. The normalized spacial score (nSPS) is 18.2. The number of hydrogen-bond acceptors (Lipinski definition) is 4. The molecular formula is C18H23N3O3S. The highest BCUT2D eigenvalue weighted by atomic mass is 32.2. The van der Waals surface area contributed by atoms with Gasteiger partial charge in [0.1, 0.15) is 11.6 Å². The lowest BCUT2D eigenvalue weighted by Gasteiger charge is -2.18. The van der Waals surface area contributed by atoms with Crippen LogP contribution in [-0.4, -0.2) is 28.6 Å². The van der Waals surface area contributed by atoms with Gasteiger partial charge in [-0.05, 0) is 19.4 Å². The Bertz CT molecular complexity index is 827. The van der Waals surface area contributed by atoms with E-state index < -0.39 is 0 Å². The van der Waals surface area contributed by atoms with Gasteiger partial charge < -0.3 is 10.1 Å². The standard InChI is InChI=1S/C18H23N3O3S/c1-4-7-11(2)21-17-15(18(23)20-21)16(25-10-14(22)19-17)12-8-5-6-9-13(12)24-3/h5-6,8-9,11,16H,4,7,10H2,1-3H3,(H,19,22)(H,20,23)/t11-,16-/m0/s1. The van der Waals surface area contributed by atoms with Crippen LogP contribution in [0.15, 0.2) is 29.1 Å². The number of benzene rings is 1. The highest BCUT2D eigenvalue weighted by Crippen LogP contribution is 2.43. The van der Waals surface area contributed by atoms with E-state index in [2.05, 4.69) is 17.3 Å². The third kappa shape index (κ3) is 3.33. The zero-order valence-electron chi connectivity index (χ0n) is 14.7. The summed E-state index contributed by atoms with van der Waals surface area (Å²) in [6, 6.07) is 7.74. The number of para-hydroxylation sites is 1. The fourth-order valence-electron chi connectivity index (χ4n) is 3.25. The number of nitrogens with zero attached hydrogens (tertiary/aromatic N) is 1. The van der Waals surface area contributed by atoms with Gasteiger partial charge in [0.05, 0.1) is 23.7 Å².